The first-order valence-electron chi connectivity index (χ1n) is 6.51. The van der Waals surface area contributed by atoms with E-state index in [1.165, 1.54) is 0 Å². The van der Waals surface area contributed by atoms with E-state index in [-0.39, 0.29) is 5.54 Å². The number of ether oxygens (including phenoxy) is 1. The van der Waals surface area contributed by atoms with Crippen molar-refractivity contribution in [1.82, 2.24) is 9.80 Å². The Bertz CT molecular complexity index is 199. The van der Waals surface area contributed by atoms with E-state index in [9.17, 15) is 0 Å². The van der Waals surface area contributed by atoms with Crippen molar-refractivity contribution in [2.75, 3.05) is 47.4 Å². The highest BCUT2D eigenvalue weighted by Gasteiger charge is 2.32. The van der Waals surface area contributed by atoms with Gasteiger partial charge in [-0.1, -0.05) is 6.92 Å². The molecule has 0 rings (SSSR count). The lowest BCUT2D eigenvalue weighted by atomic mass is 9.94. The summed E-state index contributed by atoms with van der Waals surface area (Å²) in [6.45, 7) is 10.2. The van der Waals surface area contributed by atoms with Crippen LogP contribution in [0.5, 0.6) is 0 Å². The molecule has 0 spiro atoms. The highest BCUT2D eigenvalue weighted by molar-refractivity contribution is 4.90. The zero-order chi connectivity index (χ0) is 13.5. The second kappa shape index (κ2) is 8.03. The highest BCUT2D eigenvalue weighted by atomic mass is 16.5. The molecule has 0 aromatic rings. The van der Waals surface area contributed by atoms with Crippen molar-refractivity contribution in [3.63, 3.8) is 0 Å². The summed E-state index contributed by atoms with van der Waals surface area (Å²) >= 11 is 0. The molecule has 0 saturated carbocycles. The van der Waals surface area contributed by atoms with Crippen molar-refractivity contribution in [1.29, 1.82) is 0 Å². The second-order valence-electron chi connectivity index (χ2n) is 5.34. The summed E-state index contributed by atoms with van der Waals surface area (Å²) in [5.41, 5.74) is 6.01. The van der Waals surface area contributed by atoms with Gasteiger partial charge in [-0.25, -0.2) is 0 Å². The van der Waals surface area contributed by atoms with E-state index < -0.39 is 0 Å². The molecule has 0 aromatic carbocycles. The smallest absolute Gasteiger partial charge is 0.0480 e. The Morgan fingerprint density at radius 1 is 1.35 bits per heavy atom. The zero-order valence-electron chi connectivity index (χ0n) is 12.5. The molecule has 0 heterocycles. The van der Waals surface area contributed by atoms with Gasteiger partial charge in [0.25, 0.3) is 0 Å². The van der Waals surface area contributed by atoms with Crippen LogP contribution in [0.3, 0.4) is 0 Å². The SMILES string of the molecule is CCN(C(C)CN(C)C)C(C)(CN)CCOC. The predicted molar refractivity (Wildman–Crippen MR) is 74.3 cm³/mol. The summed E-state index contributed by atoms with van der Waals surface area (Å²) in [5.74, 6) is 0. The predicted octanol–water partition coefficient (Wildman–Crippen LogP) is 1.01. The molecule has 0 radical (unpaired) electrons. The maximum Gasteiger partial charge on any atom is 0.0480 e. The first-order valence-corrected chi connectivity index (χ1v) is 6.51. The molecular formula is C13H31N3O. The van der Waals surface area contributed by atoms with Gasteiger partial charge in [0.1, 0.15) is 0 Å². The topological polar surface area (TPSA) is 41.7 Å². The average molecular weight is 245 g/mol. The van der Waals surface area contributed by atoms with E-state index in [1.54, 1.807) is 7.11 Å². The van der Waals surface area contributed by atoms with Crippen molar-refractivity contribution >= 4 is 0 Å². The number of nitrogens with zero attached hydrogens (tertiary/aromatic N) is 2. The molecule has 0 saturated heterocycles. The quantitative estimate of drug-likeness (QED) is 0.658. The lowest BCUT2D eigenvalue weighted by Crippen LogP contribution is -2.57. The van der Waals surface area contributed by atoms with Gasteiger partial charge in [0.05, 0.1) is 0 Å². The summed E-state index contributed by atoms with van der Waals surface area (Å²) in [7, 11) is 5.97. The van der Waals surface area contributed by atoms with Crippen LogP contribution >= 0.6 is 0 Å². The molecule has 2 N–H and O–H groups in total. The van der Waals surface area contributed by atoms with E-state index >= 15 is 0 Å². The van der Waals surface area contributed by atoms with Gasteiger partial charge in [-0.3, -0.25) is 4.90 Å². The standard InChI is InChI=1S/C13H31N3O/c1-7-16(12(2)10-15(4)5)13(3,11-14)8-9-17-6/h12H,7-11,14H2,1-6H3. The summed E-state index contributed by atoms with van der Waals surface area (Å²) in [6, 6.07) is 0.500. The van der Waals surface area contributed by atoms with Gasteiger partial charge in [-0.05, 0) is 40.9 Å². The summed E-state index contributed by atoms with van der Waals surface area (Å²) < 4.78 is 5.20. The van der Waals surface area contributed by atoms with E-state index in [0.29, 0.717) is 12.6 Å². The molecule has 2 unspecified atom stereocenters. The number of rotatable bonds is 9. The van der Waals surface area contributed by atoms with Crippen molar-refractivity contribution in [3.05, 3.63) is 0 Å². The highest BCUT2D eigenvalue weighted by Crippen LogP contribution is 2.21. The maximum atomic E-state index is 5.98. The molecule has 104 valence electrons. The third-order valence-corrected chi connectivity index (χ3v) is 3.48. The Morgan fingerprint density at radius 3 is 2.29 bits per heavy atom. The number of hydrogen-bond acceptors (Lipinski definition) is 4. The van der Waals surface area contributed by atoms with E-state index in [1.807, 2.05) is 0 Å². The van der Waals surface area contributed by atoms with Gasteiger partial charge in [-0.15, -0.1) is 0 Å². The summed E-state index contributed by atoms with van der Waals surface area (Å²) in [6.07, 6.45) is 0.978. The lowest BCUT2D eigenvalue weighted by Gasteiger charge is -2.44. The van der Waals surface area contributed by atoms with Crippen LogP contribution < -0.4 is 5.73 Å². The Kier molecular flexibility index (Phi) is 7.96. The van der Waals surface area contributed by atoms with Crippen molar-refractivity contribution in [2.24, 2.45) is 5.73 Å². The fraction of sp³-hybridized carbons (Fsp3) is 1.00. The number of hydrogen-bond donors (Lipinski definition) is 1. The third-order valence-electron chi connectivity index (χ3n) is 3.48. The summed E-state index contributed by atoms with van der Waals surface area (Å²) in [5, 5.41) is 0. The van der Waals surface area contributed by atoms with Crippen LogP contribution in [-0.2, 0) is 4.74 Å². The number of nitrogens with two attached hydrogens (primary N) is 1. The minimum absolute atomic E-state index is 0.0280. The molecule has 0 aliphatic heterocycles. The van der Waals surface area contributed by atoms with Crippen LogP contribution in [0.15, 0.2) is 0 Å². The molecular weight excluding hydrogens is 214 g/mol. The monoisotopic (exact) mass is 245 g/mol. The molecule has 0 aliphatic carbocycles. The Hall–Kier alpha value is -0.160. The van der Waals surface area contributed by atoms with Gasteiger partial charge in [0, 0.05) is 38.4 Å². The molecule has 17 heavy (non-hydrogen) atoms. The molecule has 4 nitrogen and oxygen atoms in total. The van der Waals surface area contributed by atoms with Gasteiger partial charge in [0.2, 0.25) is 0 Å². The van der Waals surface area contributed by atoms with E-state index in [4.69, 9.17) is 10.5 Å². The first-order chi connectivity index (χ1) is 7.91. The molecule has 0 fully saturated rings. The molecule has 0 aromatic heterocycles. The number of likely N-dealkylation sites (N-methyl/N-ethyl adjacent to an activating group) is 2. The van der Waals surface area contributed by atoms with E-state index in [0.717, 1.165) is 26.1 Å². The number of methoxy groups -OCH3 is 1. The van der Waals surface area contributed by atoms with E-state index in [2.05, 4.69) is 44.7 Å². The molecule has 0 amide bonds. The molecule has 4 heteroatoms. The maximum absolute atomic E-state index is 5.98. The average Bonchev–Trinajstić information content (AvgIpc) is 2.26. The second-order valence-corrected chi connectivity index (χ2v) is 5.34. The first kappa shape index (κ1) is 16.8. The Balaban J connectivity index is 4.66. The van der Waals surface area contributed by atoms with Crippen LogP contribution in [0.2, 0.25) is 0 Å². The normalized spacial score (nSPS) is 17.5. The van der Waals surface area contributed by atoms with Crippen molar-refractivity contribution in [2.45, 2.75) is 38.8 Å². The largest absolute Gasteiger partial charge is 0.385 e. The van der Waals surface area contributed by atoms with Crippen molar-refractivity contribution in [3.8, 4) is 0 Å². The van der Waals surface area contributed by atoms with Crippen LogP contribution in [0, 0.1) is 0 Å². The fourth-order valence-corrected chi connectivity index (χ4v) is 2.54. The van der Waals surface area contributed by atoms with Crippen LogP contribution in [-0.4, -0.2) is 68.8 Å². The van der Waals surface area contributed by atoms with Crippen LogP contribution in [0.1, 0.15) is 27.2 Å². The van der Waals surface area contributed by atoms with Gasteiger partial charge in [-0.2, -0.15) is 0 Å². The molecule has 0 aliphatic rings. The lowest BCUT2D eigenvalue weighted by molar-refractivity contribution is 0.0347. The van der Waals surface area contributed by atoms with Gasteiger partial charge >= 0.3 is 0 Å². The minimum Gasteiger partial charge on any atom is -0.385 e. The Morgan fingerprint density at radius 2 is 1.94 bits per heavy atom. The van der Waals surface area contributed by atoms with Gasteiger partial charge < -0.3 is 15.4 Å². The fourth-order valence-electron chi connectivity index (χ4n) is 2.54. The van der Waals surface area contributed by atoms with Crippen molar-refractivity contribution < 1.29 is 4.74 Å². The van der Waals surface area contributed by atoms with Crippen LogP contribution in [0.25, 0.3) is 0 Å². The Labute approximate surface area is 107 Å². The minimum atomic E-state index is 0.0280. The molecule has 0 bridgehead atoms. The van der Waals surface area contributed by atoms with Crippen LogP contribution in [0.4, 0.5) is 0 Å². The molecule has 2 atom stereocenters. The van der Waals surface area contributed by atoms with Gasteiger partial charge in [0.15, 0.2) is 0 Å². The summed E-state index contributed by atoms with van der Waals surface area (Å²) in [4.78, 5) is 4.71. The third kappa shape index (κ3) is 5.34. The zero-order valence-corrected chi connectivity index (χ0v) is 12.5.